The number of carbonyl (C=O) groups is 2. The second kappa shape index (κ2) is 8.68. The van der Waals surface area contributed by atoms with Gasteiger partial charge in [0, 0.05) is 18.9 Å². The highest BCUT2D eigenvalue weighted by molar-refractivity contribution is 7.88. The van der Waals surface area contributed by atoms with Crippen molar-refractivity contribution in [3.05, 3.63) is 35.9 Å². The predicted molar refractivity (Wildman–Crippen MR) is 95.8 cm³/mol. The number of alkyl halides is 3. The zero-order chi connectivity index (χ0) is 21.8. The van der Waals surface area contributed by atoms with Crippen molar-refractivity contribution in [2.45, 2.75) is 31.7 Å². The molecule has 0 aliphatic rings. The van der Waals surface area contributed by atoms with Crippen molar-refractivity contribution < 1.29 is 44.8 Å². The second-order valence-electron chi connectivity index (χ2n) is 5.93. The lowest BCUT2D eigenvalue weighted by Gasteiger charge is -2.15. The van der Waals surface area contributed by atoms with Gasteiger partial charge in [-0.15, -0.1) is 0 Å². The van der Waals surface area contributed by atoms with E-state index in [4.69, 9.17) is 4.74 Å². The van der Waals surface area contributed by atoms with Gasteiger partial charge in [0.1, 0.15) is 11.5 Å². The molecule has 2 aromatic rings. The predicted octanol–water partition coefficient (Wildman–Crippen LogP) is 3.49. The number of methoxy groups -OCH3 is 1. The third-order valence-electron chi connectivity index (χ3n) is 3.84. The van der Waals surface area contributed by atoms with Crippen LogP contribution in [0.1, 0.15) is 25.3 Å². The summed E-state index contributed by atoms with van der Waals surface area (Å²) in [5.74, 6) is -1.55. The zero-order valence-corrected chi connectivity index (χ0v) is 16.2. The molecule has 7 nitrogen and oxygen atoms in total. The van der Waals surface area contributed by atoms with Gasteiger partial charge in [0.05, 0.1) is 7.11 Å². The van der Waals surface area contributed by atoms with Crippen molar-refractivity contribution in [3.8, 4) is 11.5 Å². The van der Waals surface area contributed by atoms with Crippen LogP contribution in [0.5, 0.6) is 11.5 Å². The minimum Gasteiger partial charge on any atom is -0.469 e. The third kappa shape index (κ3) is 5.59. The van der Waals surface area contributed by atoms with Gasteiger partial charge in [-0.25, -0.2) is 0 Å². The molecule has 0 N–H and O–H groups in total. The Labute approximate surface area is 164 Å². The van der Waals surface area contributed by atoms with Gasteiger partial charge in [0.15, 0.2) is 0 Å². The summed E-state index contributed by atoms with van der Waals surface area (Å²) in [7, 11) is -4.70. The van der Waals surface area contributed by atoms with Crippen LogP contribution >= 0.6 is 0 Å². The monoisotopic (exact) mass is 434 g/mol. The average molecular weight is 434 g/mol. The van der Waals surface area contributed by atoms with Gasteiger partial charge in [-0.05, 0) is 41.8 Å². The molecule has 2 aromatic carbocycles. The molecule has 0 atom stereocenters. The van der Waals surface area contributed by atoms with Gasteiger partial charge in [-0.2, -0.15) is 21.6 Å². The summed E-state index contributed by atoms with van der Waals surface area (Å²) in [6, 6.07) is 6.90. The van der Waals surface area contributed by atoms with Crippen LogP contribution < -0.4 is 8.92 Å². The fraction of sp³-hybridized carbons (Fsp3) is 0.333. The number of carbonyl (C=O) groups excluding carboxylic acids is 2. The lowest BCUT2D eigenvalue weighted by Crippen LogP contribution is -2.28. The van der Waals surface area contributed by atoms with E-state index in [1.54, 1.807) is 6.07 Å². The molecule has 0 aromatic heterocycles. The van der Waals surface area contributed by atoms with E-state index in [2.05, 4.69) is 8.92 Å². The smallest absolute Gasteiger partial charge is 0.469 e. The van der Waals surface area contributed by atoms with Crippen molar-refractivity contribution in [1.29, 1.82) is 0 Å². The first-order chi connectivity index (χ1) is 13.4. The summed E-state index contributed by atoms with van der Waals surface area (Å²) in [6.45, 7) is 1.18. The molecule has 0 heterocycles. The number of halogens is 3. The first-order valence-electron chi connectivity index (χ1n) is 8.26. The Hall–Kier alpha value is -2.82. The molecule has 0 amide bonds. The first kappa shape index (κ1) is 22.5. The second-order valence-corrected chi connectivity index (χ2v) is 7.47. The summed E-state index contributed by atoms with van der Waals surface area (Å²) in [5, 5.41) is 0.870. The number of benzene rings is 2. The summed E-state index contributed by atoms with van der Waals surface area (Å²) in [4.78, 5) is 22.5. The van der Waals surface area contributed by atoms with E-state index >= 15 is 0 Å². The summed E-state index contributed by atoms with van der Waals surface area (Å²) >= 11 is 0. The van der Waals surface area contributed by atoms with Crippen molar-refractivity contribution in [3.63, 3.8) is 0 Å². The molecule has 29 heavy (non-hydrogen) atoms. The van der Waals surface area contributed by atoms with Crippen LogP contribution in [0.15, 0.2) is 30.3 Å². The van der Waals surface area contributed by atoms with Gasteiger partial charge in [0.25, 0.3) is 0 Å². The first-order valence-corrected chi connectivity index (χ1v) is 9.67. The number of ether oxygens (including phenoxy) is 2. The quantitative estimate of drug-likeness (QED) is 0.285. The van der Waals surface area contributed by atoms with Crippen LogP contribution in [0.25, 0.3) is 10.8 Å². The lowest BCUT2D eigenvalue weighted by atomic mass is 9.98. The van der Waals surface area contributed by atoms with Crippen LogP contribution in [-0.4, -0.2) is 33.0 Å². The van der Waals surface area contributed by atoms with Gasteiger partial charge in [0.2, 0.25) is 0 Å². The molecular weight excluding hydrogens is 417 g/mol. The molecule has 0 saturated carbocycles. The Morgan fingerprint density at radius 2 is 1.76 bits per heavy atom. The standard InChI is InChI=1S/C18H17F3O7S/c1-11(22)27-13-8-6-12-7-9-16(28-29(24,25)18(19,20)21)14(15(12)10-13)4-3-5-17(23)26-2/h6-10H,3-5H2,1-2H3. The molecule has 0 aliphatic carbocycles. The summed E-state index contributed by atoms with van der Waals surface area (Å²) < 4.78 is 75.0. The Morgan fingerprint density at radius 1 is 1.10 bits per heavy atom. The molecule has 0 aliphatic heterocycles. The fourth-order valence-corrected chi connectivity index (χ4v) is 3.07. The maximum absolute atomic E-state index is 12.7. The van der Waals surface area contributed by atoms with Crippen molar-refractivity contribution in [2.75, 3.05) is 7.11 Å². The van der Waals surface area contributed by atoms with E-state index in [9.17, 15) is 31.2 Å². The van der Waals surface area contributed by atoms with E-state index in [1.165, 1.54) is 32.2 Å². The van der Waals surface area contributed by atoms with Gasteiger partial charge in [-0.3, -0.25) is 9.59 Å². The Bertz CT molecular complexity index is 1030. The topological polar surface area (TPSA) is 96.0 Å². The normalized spacial score (nSPS) is 11.9. The lowest BCUT2D eigenvalue weighted by molar-refractivity contribution is -0.140. The highest BCUT2D eigenvalue weighted by Gasteiger charge is 2.48. The molecule has 0 spiro atoms. The van der Waals surface area contributed by atoms with Gasteiger partial charge < -0.3 is 13.7 Å². The fourth-order valence-electron chi connectivity index (χ4n) is 2.58. The van der Waals surface area contributed by atoms with E-state index in [0.717, 1.165) is 6.07 Å². The third-order valence-corrected chi connectivity index (χ3v) is 4.81. The molecule has 0 radical (unpaired) electrons. The largest absolute Gasteiger partial charge is 0.534 e. The van der Waals surface area contributed by atoms with Crippen LogP contribution in [0, 0.1) is 0 Å². The molecule has 0 saturated heterocycles. The number of rotatable bonds is 7. The molecule has 11 heteroatoms. The molecule has 0 bridgehead atoms. The highest BCUT2D eigenvalue weighted by atomic mass is 32.2. The molecule has 2 rings (SSSR count). The molecule has 0 fully saturated rings. The summed E-state index contributed by atoms with van der Waals surface area (Å²) in [6.07, 6.45) is 0.132. The van der Waals surface area contributed by atoms with Crippen LogP contribution in [0.3, 0.4) is 0 Å². The zero-order valence-electron chi connectivity index (χ0n) is 15.4. The van der Waals surface area contributed by atoms with E-state index in [1.807, 2.05) is 0 Å². The Balaban J connectivity index is 2.54. The number of fused-ring (bicyclic) bond motifs is 1. The van der Waals surface area contributed by atoms with E-state index in [0.29, 0.717) is 10.8 Å². The SMILES string of the molecule is COC(=O)CCCc1c(OS(=O)(=O)C(F)(F)F)ccc2ccc(OC(C)=O)cc12. The average Bonchev–Trinajstić information content (AvgIpc) is 2.61. The Morgan fingerprint density at radius 3 is 2.34 bits per heavy atom. The van der Waals surface area contributed by atoms with Crippen molar-refractivity contribution in [1.82, 2.24) is 0 Å². The molecular formula is C18H17F3O7S. The molecule has 0 unspecified atom stereocenters. The van der Waals surface area contributed by atoms with Crippen LogP contribution in [-0.2, 0) is 30.9 Å². The Kier molecular flexibility index (Phi) is 6.73. The van der Waals surface area contributed by atoms with Crippen molar-refractivity contribution >= 4 is 32.8 Å². The van der Waals surface area contributed by atoms with Crippen molar-refractivity contribution in [2.24, 2.45) is 0 Å². The number of hydrogen-bond acceptors (Lipinski definition) is 7. The number of hydrogen-bond donors (Lipinski definition) is 0. The highest BCUT2D eigenvalue weighted by Crippen LogP contribution is 2.35. The van der Waals surface area contributed by atoms with Crippen LogP contribution in [0.2, 0.25) is 0 Å². The molecule has 158 valence electrons. The minimum absolute atomic E-state index is 0.0126. The van der Waals surface area contributed by atoms with Gasteiger partial charge in [-0.1, -0.05) is 12.1 Å². The van der Waals surface area contributed by atoms with E-state index < -0.39 is 33.3 Å². The number of esters is 2. The van der Waals surface area contributed by atoms with Gasteiger partial charge >= 0.3 is 27.6 Å². The van der Waals surface area contributed by atoms with Crippen LogP contribution in [0.4, 0.5) is 13.2 Å². The maximum atomic E-state index is 12.7. The maximum Gasteiger partial charge on any atom is 0.534 e. The minimum atomic E-state index is -5.89. The summed E-state index contributed by atoms with van der Waals surface area (Å²) in [5.41, 5.74) is -5.49. The number of aryl methyl sites for hydroxylation is 1. The van der Waals surface area contributed by atoms with E-state index in [-0.39, 0.29) is 30.6 Å².